The highest BCUT2D eigenvalue weighted by molar-refractivity contribution is 5.70. The third kappa shape index (κ3) is 1.98. The number of rotatable bonds is 3. The Bertz CT molecular complexity index is 465. The van der Waals surface area contributed by atoms with E-state index in [0.29, 0.717) is 17.9 Å². The molecular formula is C10H14N4O. The number of aromatic nitrogens is 3. The molecule has 0 amide bonds. The molecule has 0 aliphatic heterocycles. The fourth-order valence-corrected chi connectivity index (χ4v) is 1.46. The molecule has 2 aromatic heterocycles. The van der Waals surface area contributed by atoms with Gasteiger partial charge < -0.3 is 15.8 Å². The van der Waals surface area contributed by atoms with Gasteiger partial charge in [0.1, 0.15) is 5.82 Å². The van der Waals surface area contributed by atoms with Crippen LogP contribution in [0.3, 0.4) is 0 Å². The summed E-state index contributed by atoms with van der Waals surface area (Å²) < 4.78 is 0. The number of pyridine rings is 1. The maximum atomic E-state index is 8.78. The second-order valence-electron chi connectivity index (χ2n) is 3.56. The van der Waals surface area contributed by atoms with E-state index in [-0.39, 0.29) is 12.6 Å². The molecule has 15 heavy (non-hydrogen) atoms. The van der Waals surface area contributed by atoms with Crippen molar-refractivity contribution in [2.75, 3.05) is 6.61 Å². The number of fused-ring (bicyclic) bond motifs is 1. The van der Waals surface area contributed by atoms with Crippen molar-refractivity contribution in [2.45, 2.75) is 19.4 Å². The molecule has 2 rings (SSSR count). The molecule has 80 valence electrons. The van der Waals surface area contributed by atoms with Gasteiger partial charge in [-0.15, -0.1) is 0 Å². The molecule has 0 saturated carbocycles. The molecule has 5 heteroatoms. The third-order valence-corrected chi connectivity index (χ3v) is 2.29. The first-order chi connectivity index (χ1) is 7.20. The maximum Gasteiger partial charge on any atom is 0.177 e. The Balaban J connectivity index is 2.38. The maximum absolute atomic E-state index is 8.78. The summed E-state index contributed by atoms with van der Waals surface area (Å²) in [5, 5.41) is 8.78. The smallest absolute Gasteiger partial charge is 0.177 e. The van der Waals surface area contributed by atoms with E-state index >= 15 is 0 Å². The summed E-state index contributed by atoms with van der Waals surface area (Å²) in [4.78, 5) is 11.7. The SMILES string of the molecule is Cc1ccc2[nH]c(C(N)CCO)nc2n1. The zero-order valence-corrected chi connectivity index (χ0v) is 8.57. The highest BCUT2D eigenvalue weighted by Gasteiger charge is 2.11. The lowest BCUT2D eigenvalue weighted by Gasteiger charge is -2.04. The number of nitrogens with zero attached hydrogens (tertiary/aromatic N) is 2. The molecule has 0 saturated heterocycles. The second kappa shape index (κ2) is 3.96. The number of aliphatic hydroxyl groups is 1. The molecule has 0 aliphatic carbocycles. The highest BCUT2D eigenvalue weighted by atomic mass is 16.3. The first-order valence-electron chi connectivity index (χ1n) is 4.90. The minimum absolute atomic E-state index is 0.0602. The molecule has 0 radical (unpaired) electrons. The number of aryl methyl sites for hydroxylation is 1. The molecule has 0 fully saturated rings. The van der Waals surface area contributed by atoms with Crippen LogP contribution in [0.2, 0.25) is 0 Å². The number of aromatic amines is 1. The molecular weight excluding hydrogens is 192 g/mol. The molecule has 0 bridgehead atoms. The van der Waals surface area contributed by atoms with Crippen LogP contribution >= 0.6 is 0 Å². The summed E-state index contributed by atoms with van der Waals surface area (Å²) >= 11 is 0. The van der Waals surface area contributed by atoms with Gasteiger partial charge in [-0.05, 0) is 25.5 Å². The molecule has 1 unspecified atom stereocenters. The number of nitrogens with one attached hydrogen (secondary N) is 1. The summed E-state index contributed by atoms with van der Waals surface area (Å²) in [6.45, 7) is 1.98. The van der Waals surface area contributed by atoms with Crippen molar-refractivity contribution in [3.05, 3.63) is 23.7 Å². The first kappa shape index (κ1) is 10.1. The van der Waals surface area contributed by atoms with E-state index < -0.39 is 0 Å². The van der Waals surface area contributed by atoms with Gasteiger partial charge in [-0.3, -0.25) is 0 Å². The number of H-pyrrole nitrogens is 1. The van der Waals surface area contributed by atoms with Gasteiger partial charge in [0.15, 0.2) is 5.65 Å². The molecule has 5 nitrogen and oxygen atoms in total. The number of hydrogen-bond donors (Lipinski definition) is 3. The molecule has 2 heterocycles. The Morgan fingerprint density at radius 1 is 1.47 bits per heavy atom. The monoisotopic (exact) mass is 206 g/mol. The lowest BCUT2D eigenvalue weighted by molar-refractivity contribution is 0.275. The van der Waals surface area contributed by atoms with Gasteiger partial charge in [-0.1, -0.05) is 0 Å². The number of hydrogen-bond acceptors (Lipinski definition) is 4. The largest absolute Gasteiger partial charge is 0.396 e. The average molecular weight is 206 g/mol. The van der Waals surface area contributed by atoms with E-state index in [0.717, 1.165) is 11.2 Å². The predicted molar refractivity (Wildman–Crippen MR) is 57.3 cm³/mol. The first-order valence-corrected chi connectivity index (χ1v) is 4.90. The topological polar surface area (TPSA) is 87.8 Å². The van der Waals surface area contributed by atoms with Crippen molar-refractivity contribution in [3.63, 3.8) is 0 Å². The Kier molecular flexibility index (Phi) is 2.66. The quantitative estimate of drug-likeness (QED) is 0.688. The van der Waals surface area contributed by atoms with Crippen LogP contribution in [0.5, 0.6) is 0 Å². The van der Waals surface area contributed by atoms with Crippen LogP contribution in [0.25, 0.3) is 11.2 Å². The minimum Gasteiger partial charge on any atom is -0.396 e. The van der Waals surface area contributed by atoms with Gasteiger partial charge in [-0.25, -0.2) is 9.97 Å². The van der Waals surface area contributed by atoms with Gasteiger partial charge in [0.2, 0.25) is 0 Å². The highest BCUT2D eigenvalue weighted by Crippen LogP contribution is 2.15. The van der Waals surface area contributed by atoms with Gasteiger partial charge >= 0.3 is 0 Å². The van der Waals surface area contributed by atoms with E-state index in [1.807, 2.05) is 19.1 Å². The van der Waals surface area contributed by atoms with Gasteiger partial charge in [-0.2, -0.15) is 0 Å². The molecule has 0 aromatic carbocycles. The van der Waals surface area contributed by atoms with Crippen LogP contribution in [0, 0.1) is 6.92 Å². The third-order valence-electron chi connectivity index (χ3n) is 2.29. The molecule has 0 aliphatic rings. The van der Waals surface area contributed by atoms with E-state index in [1.165, 1.54) is 0 Å². The molecule has 4 N–H and O–H groups in total. The van der Waals surface area contributed by atoms with Crippen LogP contribution in [0.1, 0.15) is 24.0 Å². The lowest BCUT2D eigenvalue weighted by atomic mass is 10.2. The van der Waals surface area contributed by atoms with Crippen molar-refractivity contribution in [1.82, 2.24) is 15.0 Å². The fraction of sp³-hybridized carbons (Fsp3) is 0.400. The molecule has 2 aromatic rings. The van der Waals surface area contributed by atoms with Crippen LogP contribution in [0.15, 0.2) is 12.1 Å². The average Bonchev–Trinajstić information content (AvgIpc) is 2.60. The Morgan fingerprint density at radius 2 is 2.27 bits per heavy atom. The zero-order valence-electron chi connectivity index (χ0n) is 8.57. The summed E-state index contributed by atoms with van der Waals surface area (Å²) in [6.07, 6.45) is 0.499. The summed E-state index contributed by atoms with van der Waals surface area (Å²) in [7, 11) is 0. The number of imidazole rings is 1. The molecule has 1 atom stereocenters. The standard InChI is InChI=1S/C10H14N4O/c1-6-2-3-8-10(12-6)14-9(13-8)7(11)4-5-15/h2-3,7,15H,4-5,11H2,1H3,(H,12,13,14). The normalized spacial score (nSPS) is 13.3. The van der Waals surface area contributed by atoms with Crippen LogP contribution < -0.4 is 5.73 Å². The Hall–Kier alpha value is -1.46. The second-order valence-corrected chi connectivity index (χ2v) is 3.56. The fourth-order valence-electron chi connectivity index (χ4n) is 1.46. The van der Waals surface area contributed by atoms with E-state index in [1.54, 1.807) is 0 Å². The summed E-state index contributed by atoms with van der Waals surface area (Å²) in [5.74, 6) is 0.678. The Morgan fingerprint density at radius 3 is 3.00 bits per heavy atom. The predicted octanol–water partition coefficient (Wildman–Crippen LogP) is 0.649. The van der Waals surface area contributed by atoms with Crippen molar-refractivity contribution in [3.8, 4) is 0 Å². The Labute approximate surface area is 87.4 Å². The lowest BCUT2D eigenvalue weighted by Crippen LogP contribution is -2.13. The van der Waals surface area contributed by atoms with Gasteiger partial charge in [0, 0.05) is 12.3 Å². The van der Waals surface area contributed by atoms with Crippen molar-refractivity contribution < 1.29 is 5.11 Å². The van der Waals surface area contributed by atoms with E-state index in [9.17, 15) is 0 Å². The van der Waals surface area contributed by atoms with Crippen LogP contribution in [-0.2, 0) is 0 Å². The van der Waals surface area contributed by atoms with E-state index in [4.69, 9.17) is 10.8 Å². The van der Waals surface area contributed by atoms with Crippen LogP contribution in [-0.4, -0.2) is 26.7 Å². The van der Waals surface area contributed by atoms with Crippen molar-refractivity contribution >= 4 is 11.2 Å². The van der Waals surface area contributed by atoms with Crippen LogP contribution in [0.4, 0.5) is 0 Å². The summed E-state index contributed by atoms with van der Waals surface area (Å²) in [5.41, 5.74) is 8.31. The van der Waals surface area contributed by atoms with Gasteiger partial charge in [0.05, 0.1) is 11.6 Å². The van der Waals surface area contributed by atoms with E-state index in [2.05, 4.69) is 15.0 Å². The number of nitrogens with two attached hydrogens (primary N) is 1. The minimum atomic E-state index is -0.260. The van der Waals surface area contributed by atoms with Crippen molar-refractivity contribution in [1.29, 1.82) is 0 Å². The van der Waals surface area contributed by atoms with Gasteiger partial charge in [0.25, 0.3) is 0 Å². The molecule has 0 spiro atoms. The zero-order chi connectivity index (χ0) is 10.8. The summed E-state index contributed by atoms with van der Waals surface area (Å²) in [6, 6.07) is 3.59. The number of aliphatic hydroxyl groups excluding tert-OH is 1. The van der Waals surface area contributed by atoms with Crippen molar-refractivity contribution in [2.24, 2.45) is 5.73 Å².